The van der Waals surface area contributed by atoms with Gasteiger partial charge in [0, 0.05) is 16.9 Å². The monoisotopic (exact) mass is 282 g/mol. The molecule has 0 N–H and O–H groups in total. The summed E-state index contributed by atoms with van der Waals surface area (Å²) in [6.45, 7) is 4.02. The molecule has 1 heterocycles. The molecular formula is C13H12ClFN2S. The highest BCUT2D eigenvalue weighted by atomic mass is 35.5. The van der Waals surface area contributed by atoms with E-state index >= 15 is 0 Å². The van der Waals surface area contributed by atoms with E-state index in [1.165, 1.54) is 23.9 Å². The van der Waals surface area contributed by atoms with Gasteiger partial charge in [0.05, 0.1) is 0 Å². The van der Waals surface area contributed by atoms with Gasteiger partial charge >= 0.3 is 0 Å². The van der Waals surface area contributed by atoms with Crippen LogP contribution in [0.15, 0.2) is 40.3 Å². The molecule has 2 nitrogen and oxygen atoms in total. The molecule has 0 saturated carbocycles. The Kier molecular flexibility index (Phi) is 4.19. The second kappa shape index (κ2) is 5.67. The molecule has 1 aromatic heterocycles. The summed E-state index contributed by atoms with van der Waals surface area (Å²) in [5.41, 5.74) is 0. The summed E-state index contributed by atoms with van der Waals surface area (Å²) in [6, 6.07) is 7.99. The number of hydrogen-bond donors (Lipinski definition) is 0. The third kappa shape index (κ3) is 3.43. The first-order chi connectivity index (χ1) is 8.54. The predicted octanol–water partition coefficient (Wildman–Crippen LogP) is 4.54. The van der Waals surface area contributed by atoms with E-state index in [0.717, 1.165) is 9.92 Å². The summed E-state index contributed by atoms with van der Waals surface area (Å²) in [7, 11) is 0. The Hall–Kier alpha value is -1.13. The Morgan fingerprint density at radius 2 is 1.83 bits per heavy atom. The van der Waals surface area contributed by atoms with Crippen LogP contribution in [0.4, 0.5) is 4.39 Å². The zero-order chi connectivity index (χ0) is 13.1. The van der Waals surface area contributed by atoms with E-state index < -0.39 is 0 Å². The molecule has 0 aliphatic carbocycles. The molecule has 0 unspecified atom stereocenters. The summed E-state index contributed by atoms with van der Waals surface area (Å²) < 4.78 is 12.8. The minimum absolute atomic E-state index is 0.219. The van der Waals surface area contributed by atoms with Crippen LogP contribution in [0.1, 0.15) is 25.6 Å². The van der Waals surface area contributed by atoms with E-state index in [4.69, 9.17) is 11.6 Å². The lowest BCUT2D eigenvalue weighted by atomic mass is 10.2. The van der Waals surface area contributed by atoms with E-state index in [0.29, 0.717) is 11.0 Å². The van der Waals surface area contributed by atoms with Gasteiger partial charge in [0.2, 0.25) is 0 Å². The van der Waals surface area contributed by atoms with Crippen molar-refractivity contribution in [3.05, 3.63) is 47.1 Å². The largest absolute Gasteiger partial charge is 0.226 e. The summed E-state index contributed by atoms with van der Waals surface area (Å²) in [5.74, 6) is 0.686. The van der Waals surface area contributed by atoms with Crippen molar-refractivity contribution < 1.29 is 4.39 Å². The van der Waals surface area contributed by atoms with E-state index in [1.807, 2.05) is 13.8 Å². The van der Waals surface area contributed by atoms with Crippen LogP contribution in [0.25, 0.3) is 0 Å². The molecule has 0 fully saturated rings. The third-order valence-corrected chi connectivity index (χ3v) is 3.36. The fourth-order valence-electron chi connectivity index (χ4n) is 1.35. The molecule has 0 radical (unpaired) electrons. The van der Waals surface area contributed by atoms with Gasteiger partial charge in [0.25, 0.3) is 0 Å². The molecule has 94 valence electrons. The molecule has 0 spiro atoms. The van der Waals surface area contributed by atoms with Crippen LogP contribution < -0.4 is 0 Å². The van der Waals surface area contributed by atoms with Crippen LogP contribution in [0.2, 0.25) is 5.15 Å². The van der Waals surface area contributed by atoms with Crippen LogP contribution in [0.3, 0.4) is 0 Å². The van der Waals surface area contributed by atoms with Crippen molar-refractivity contribution in [1.82, 2.24) is 9.97 Å². The Balaban J connectivity index is 2.26. The van der Waals surface area contributed by atoms with Crippen molar-refractivity contribution in [2.24, 2.45) is 0 Å². The molecule has 0 atom stereocenters. The van der Waals surface area contributed by atoms with Crippen LogP contribution in [-0.4, -0.2) is 9.97 Å². The minimum Gasteiger partial charge on any atom is -0.226 e. The standard InChI is InChI=1S/C13H12ClFN2S/c1-8(2)13-16-11(14)7-12(17-13)18-10-5-3-9(15)4-6-10/h3-8H,1-2H3. The van der Waals surface area contributed by atoms with E-state index in [1.54, 1.807) is 18.2 Å². The molecule has 0 saturated heterocycles. The van der Waals surface area contributed by atoms with Crippen LogP contribution in [0.5, 0.6) is 0 Å². The quantitative estimate of drug-likeness (QED) is 0.773. The third-order valence-electron chi connectivity index (χ3n) is 2.24. The molecule has 5 heteroatoms. The molecule has 18 heavy (non-hydrogen) atoms. The van der Waals surface area contributed by atoms with Crippen LogP contribution in [-0.2, 0) is 0 Å². The van der Waals surface area contributed by atoms with Crippen LogP contribution >= 0.6 is 23.4 Å². The average Bonchev–Trinajstić information content (AvgIpc) is 2.31. The summed E-state index contributed by atoms with van der Waals surface area (Å²) in [4.78, 5) is 9.51. The minimum atomic E-state index is -0.247. The number of benzene rings is 1. The number of nitrogens with zero attached hydrogens (tertiary/aromatic N) is 2. The lowest BCUT2D eigenvalue weighted by molar-refractivity contribution is 0.626. The molecule has 0 bridgehead atoms. The zero-order valence-corrected chi connectivity index (χ0v) is 11.6. The SMILES string of the molecule is CC(C)c1nc(Cl)cc(Sc2ccc(F)cc2)n1. The summed E-state index contributed by atoms with van der Waals surface area (Å²) >= 11 is 7.40. The molecule has 0 aliphatic heterocycles. The van der Waals surface area contributed by atoms with Gasteiger partial charge in [0.15, 0.2) is 0 Å². The molecule has 0 amide bonds. The Bertz CT molecular complexity index is 543. The highest BCUT2D eigenvalue weighted by molar-refractivity contribution is 7.99. The van der Waals surface area contributed by atoms with Gasteiger partial charge in [-0.1, -0.05) is 37.2 Å². The zero-order valence-electron chi connectivity index (χ0n) is 10.0. The smallest absolute Gasteiger partial charge is 0.133 e. The maximum Gasteiger partial charge on any atom is 0.133 e. The van der Waals surface area contributed by atoms with Gasteiger partial charge in [-0.05, 0) is 24.3 Å². The Morgan fingerprint density at radius 1 is 1.17 bits per heavy atom. The first-order valence-corrected chi connectivity index (χ1v) is 6.72. The number of aromatic nitrogens is 2. The average molecular weight is 283 g/mol. The lowest BCUT2D eigenvalue weighted by Crippen LogP contribution is -1.98. The second-order valence-electron chi connectivity index (χ2n) is 4.10. The fraction of sp³-hybridized carbons (Fsp3) is 0.231. The molecule has 0 aliphatic rings. The first-order valence-electron chi connectivity index (χ1n) is 5.52. The van der Waals surface area contributed by atoms with Gasteiger partial charge in [-0.3, -0.25) is 0 Å². The van der Waals surface area contributed by atoms with E-state index in [9.17, 15) is 4.39 Å². The number of halogens is 2. The molecular weight excluding hydrogens is 271 g/mol. The van der Waals surface area contributed by atoms with Gasteiger partial charge in [-0.15, -0.1) is 0 Å². The molecule has 2 aromatic rings. The normalized spacial score (nSPS) is 10.9. The number of hydrogen-bond acceptors (Lipinski definition) is 3. The van der Waals surface area contributed by atoms with Crippen molar-refractivity contribution in [2.75, 3.05) is 0 Å². The molecule has 2 rings (SSSR count). The Labute approximate surface area is 115 Å². The Morgan fingerprint density at radius 3 is 2.44 bits per heavy atom. The van der Waals surface area contributed by atoms with Crippen molar-refractivity contribution >= 4 is 23.4 Å². The van der Waals surface area contributed by atoms with Gasteiger partial charge in [-0.2, -0.15) is 0 Å². The van der Waals surface area contributed by atoms with Crippen molar-refractivity contribution in [3.8, 4) is 0 Å². The highest BCUT2D eigenvalue weighted by Gasteiger charge is 2.08. The van der Waals surface area contributed by atoms with Gasteiger partial charge in [-0.25, -0.2) is 14.4 Å². The lowest BCUT2D eigenvalue weighted by Gasteiger charge is -2.07. The number of rotatable bonds is 3. The van der Waals surface area contributed by atoms with Crippen molar-refractivity contribution in [2.45, 2.75) is 29.7 Å². The van der Waals surface area contributed by atoms with Crippen LogP contribution in [0, 0.1) is 5.82 Å². The highest BCUT2D eigenvalue weighted by Crippen LogP contribution is 2.28. The predicted molar refractivity (Wildman–Crippen MR) is 71.7 cm³/mol. The van der Waals surface area contributed by atoms with Gasteiger partial charge in [0.1, 0.15) is 21.8 Å². The summed E-state index contributed by atoms with van der Waals surface area (Å²) in [5, 5.41) is 1.20. The second-order valence-corrected chi connectivity index (χ2v) is 5.58. The van der Waals surface area contributed by atoms with E-state index in [2.05, 4.69) is 9.97 Å². The first kappa shape index (κ1) is 13.3. The fourth-order valence-corrected chi connectivity index (χ4v) is 2.43. The van der Waals surface area contributed by atoms with Crippen molar-refractivity contribution in [1.29, 1.82) is 0 Å². The summed E-state index contributed by atoms with van der Waals surface area (Å²) in [6.07, 6.45) is 0. The maximum atomic E-state index is 12.8. The molecule has 1 aromatic carbocycles. The maximum absolute atomic E-state index is 12.8. The van der Waals surface area contributed by atoms with Crippen molar-refractivity contribution in [3.63, 3.8) is 0 Å². The van der Waals surface area contributed by atoms with Gasteiger partial charge < -0.3 is 0 Å². The van der Waals surface area contributed by atoms with E-state index in [-0.39, 0.29) is 11.7 Å². The topological polar surface area (TPSA) is 25.8 Å².